The molecule has 20 heavy (non-hydrogen) atoms. The van der Waals surface area contributed by atoms with Crippen molar-refractivity contribution < 1.29 is 4.92 Å². The van der Waals surface area contributed by atoms with Crippen LogP contribution in [0.2, 0.25) is 0 Å². The second-order valence-electron chi connectivity index (χ2n) is 5.74. The van der Waals surface area contributed by atoms with Gasteiger partial charge in [-0.25, -0.2) is 0 Å². The largest absolute Gasteiger partial charge is 0.382 e. The van der Waals surface area contributed by atoms with Gasteiger partial charge >= 0.3 is 0 Å². The fraction of sp³-hybridized carbons (Fsp3) is 0.600. The molecule has 0 fully saturated rings. The molecule has 0 aliphatic carbocycles. The number of nitrogens with one attached hydrogen (secondary N) is 1. The van der Waals surface area contributed by atoms with Crippen molar-refractivity contribution in [2.45, 2.75) is 40.3 Å². The van der Waals surface area contributed by atoms with E-state index in [0.717, 1.165) is 12.1 Å². The van der Waals surface area contributed by atoms with Crippen LogP contribution in [-0.2, 0) is 6.54 Å². The maximum Gasteiger partial charge on any atom is 0.292 e. The lowest BCUT2D eigenvalue weighted by atomic mass is 10.1. The van der Waals surface area contributed by atoms with Gasteiger partial charge in [0.25, 0.3) is 5.69 Å². The molecular formula is C15H25N3O2. The molecule has 1 N–H and O–H groups in total. The molecule has 0 amide bonds. The number of nitrogens with zero attached hydrogens (tertiary/aromatic N) is 2. The fourth-order valence-corrected chi connectivity index (χ4v) is 2.30. The molecule has 0 aliphatic rings. The van der Waals surface area contributed by atoms with E-state index in [4.69, 9.17) is 0 Å². The van der Waals surface area contributed by atoms with Crippen LogP contribution >= 0.6 is 0 Å². The first-order valence-electron chi connectivity index (χ1n) is 7.04. The van der Waals surface area contributed by atoms with Crippen molar-refractivity contribution >= 4 is 11.4 Å². The first-order chi connectivity index (χ1) is 9.36. The highest BCUT2D eigenvalue weighted by molar-refractivity contribution is 5.66. The Balaban J connectivity index is 3.06. The summed E-state index contributed by atoms with van der Waals surface area (Å²) in [5.74, 6) is 0.564. The Morgan fingerprint density at radius 2 is 1.95 bits per heavy atom. The molecule has 0 heterocycles. The number of benzene rings is 1. The van der Waals surface area contributed by atoms with Crippen molar-refractivity contribution in [1.82, 2.24) is 4.90 Å². The van der Waals surface area contributed by atoms with Crippen LogP contribution < -0.4 is 5.32 Å². The van der Waals surface area contributed by atoms with Gasteiger partial charge in [0.05, 0.1) is 4.92 Å². The zero-order chi connectivity index (χ0) is 15.3. The van der Waals surface area contributed by atoms with Crippen molar-refractivity contribution in [2.75, 3.05) is 18.9 Å². The lowest BCUT2D eigenvalue weighted by molar-refractivity contribution is -0.384. The van der Waals surface area contributed by atoms with Crippen LogP contribution in [0.5, 0.6) is 0 Å². The minimum Gasteiger partial charge on any atom is -0.382 e. The summed E-state index contributed by atoms with van der Waals surface area (Å²) in [5.41, 5.74) is 1.72. The third kappa shape index (κ3) is 4.20. The van der Waals surface area contributed by atoms with E-state index in [-0.39, 0.29) is 10.6 Å². The minimum absolute atomic E-state index is 0.137. The molecule has 112 valence electrons. The monoisotopic (exact) mass is 279 g/mol. The third-order valence-corrected chi connectivity index (χ3v) is 3.28. The van der Waals surface area contributed by atoms with Crippen LogP contribution in [0.25, 0.3) is 0 Å². The maximum atomic E-state index is 11.1. The van der Waals surface area contributed by atoms with Gasteiger partial charge in [-0.2, -0.15) is 0 Å². The Bertz CT molecular complexity index is 458. The summed E-state index contributed by atoms with van der Waals surface area (Å²) in [4.78, 5) is 13.1. The van der Waals surface area contributed by atoms with Crippen molar-refractivity contribution in [3.05, 3.63) is 33.9 Å². The number of nitro groups is 1. The van der Waals surface area contributed by atoms with E-state index < -0.39 is 0 Å². The first-order valence-corrected chi connectivity index (χ1v) is 7.04. The molecule has 0 aliphatic heterocycles. The molecule has 5 nitrogen and oxygen atoms in total. The highest BCUT2D eigenvalue weighted by Gasteiger charge is 2.19. The lowest BCUT2D eigenvalue weighted by Gasteiger charge is -2.29. The predicted molar refractivity (Wildman–Crippen MR) is 83.0 cm³/mol. The van der Waals surface area contributed by atoms with Crippen LogP contribution in [0, 0.1) is 16.0 Å². The fourth-order valence-electron chi connectivity index (χ4n) is 2.30. The molecule has 1 aromatic carbocycles. The van der Waals surface area contributed by atoms with Crippen molar-refractivity contribution in [1.29, 1.82) is 0 Å². The van der Waals surface area contributed by atoms with E-state index in [1.165, 1.54) is 6.07 Å². The molecule has 0 saturated heterocycles. The second kappa shape index (κ2) is 7.24. The van der Waals surface area contributed by atoms with Gasteiger partial charge in [0.1, 0.15) is 5.69 Å². The highest BCUT2D eigenvalue weighted by atomic mass is 16.6. The lowest BCUT2D eigenvalue weighted by Crippen LogP contribution is -2.33. The van der Waals surface area contributed by atoms with E-state index in [1.807, 2.05) is 6.07 Å². The summed E-state index contributed by atoms with van der Waals surface area (Å²) in [6.45, 7) is 10.4. The number of para-hydroxylation sites is 1. The molecule has 1 aromatic rings. The normalized spacial score (nSPS) is 11.4. The van der Waals surface area contributed by atoms with Gasteiger partial charge in [0, 0.05) is 32.2 Å². The van der Waals surface area contributed by atoms with Crippen molar-refractivity contribution in [3.63, 3.8) is 0 Å². The number of hydrogen-bond donors (Lipinski definition) is 1. The number of rotatable bonds is 7. The van der Waals surface area contributed by atoms with Gasteiger partial charge in [-0.05, 0) is 25.3 Å². The standard InChI is InChI=1S/C15H25N3O2/c1-11(2)9-17(12(3)4)10-13-7-6-8-14(18(19)20)15(13)16-5/h6-8,11-12,16H,9-10H2,1-5H3. The summed E-state index contributed by atoms with van der Waals surface area (Å²) in [6, 6.07) is 5.65. The van der Waals surface area contributed by atoms with Crippen LogP contribution in [0.4, 0.5) is 11.4 Å². The summed E-state index contributed by atoms with van der Waals surface area (Å²) in [6.07, 6.45) is 0. The molecular weight excluding hydrogens is 254 g/mol. The number of nitro benzene ring substituents is 1. The van der Waals surface area contributed by atoms with E-state index in [1.54, 1.807) is 13.1 Å². The topological polar surface area (TPSA) is 58.4 Å². The molecule has 0 atom stereocenters. The Labute approximate surface area is 121 Å². The minimum atomic E-state index is -0.336. The van der Waals surface area contributed by atoms with E-state index in [2.05, 4.69) is 37.9 Å². The number of hydrogen-bond acceptors (Lipinski definition) is 4. The summed E-state index contributed by atoms with van der Waals surface area (Å²) < 4.78 is 0. The van der Waals surface area contributed by atoms with Gasteiger partial charge in [0.15, 0.2) is 0 Å². The van der Waals surface area contributed by atoms with Crippen molar-refractivity contribution in [3.8, 4) is 0 Å². The second-order valence-corrected chi connectivity index (χ2v) is 5.74. The molecule has 1 rings (SSSR count). The van der Waals surface area contributed by atoms with Gasteiger partial charge in [-0.1, -0.05) is 26.0 Å². The summed E-state index contributed by atoms with van der Waals surface area (Å²) in [5, 5.41) is 14.1. The SMILES string of the molecule is CNc1c(CN(CC(C)C)C(C)C)cccc1[N+](=O)[O-]. The molecule has 0 unspecified atom stereocenters. The Kier molecular flexibility index (Phi) is 5.95. The van der Waals surface area contributed by atoms with Crippen LogP contribution in [0.1, 0.15) is 33.3 Å². The van der Waals surface area contributed by atoms with Crippen LogP contribution in [-0.4, -0.2) is 29.5 Å². The summed E-state index contributed by atoms with van der Waals surface area (Å²) in [7, 11) is 1.73. The molecule has 0 radical (unpaired) electrons. The van der Waals surface area contributed by atoms with E-state index in [9.17, 15) is 10.1 Å². The zero-order valence-corrected chi connectivity index (χ0v) is 13.0. The van der Waals surface area contributed by atoms with Gasteiger partial charge in [0.2, 0.25) is 0 Å². The highest BCUT2D eigenvalue weighted by Crippen LogP contribution is 2.29. The van der Waals surface area contributed by atoms with Gasteiger partial charge in [-0.15, -0.1) is 0 Å². The molecule has 5 heteroatoms. The quantitative estimate of drug-likeness (QED) is 0.613. The average Bonchev–Trinajstić information content (AvgIpc) is 2.36. The number of anilines is 1. The smallest absolute Gasteiger partial charge is 0.292 e. The Hall–Kier alpha value is -1.62. The average molecular weight is 279 g/mol. The van der Waals surface area contributed by atoms with Gasteiger partial charge in [-0.3, -0.25) is 15.0 Å². The van der Waals surface area contributed by atoms with Crippen LogP contribution in [0.3, 0.4) is 0 Å². The van der Waals surface area contributed by atoms with Gasteiger partial charge < -0.3 is 5.32 Å². The Morgan fingerprint density at radius 3 is 2.40 bits per heavy atom. The molecule has 0 spiro atoms. The predicted octanol–water partition coefficient (Wildman–Crippen LogP) is 3.50. The van der Waals surface area contributed by atoms with Crippen LogP contribution in [0.15, 0.2) is 18.2 Å². The zero-order valence-electron chi connectivity index (χ0n) is 13.0. The van der Waals surface area contributed by atoms with Crippen molar-refractivity contribution in [2.24, 2.45) is 5.92 Å². The summed E-state index contributed by atoms with van der Waals surface area (Å²) >= 11 is 0. The first kappa shape index (κ1) is 16.4. The third-order valence-electron chi connectivity index (χ3n) is 3.28. The molecule has 0 saturated carbocycles. The van der Waals surface area contributed by atoms with E-state index in [0.29, 0.717) is 24.2 Å². The maximum absolute atomic E-state index is 11.1. The molecule has 0 bridgehead atoms. The van der Waals surface area contributed by atoms with E-state index >= 15 is 0 Å². The molecule has 0 aromatic heterocycles. The Morgan fingerprint density at radius 1 is 1.30 bits per heavy atom.